The number of amides is 1. The van der Waals surface area contributed by atoms with Crippen molar-refractivity contribution in [3.63, 3.8) is 0 Å². The van der Waals surface area contributed by atoms with Gasteiger partial charge in [0, 0.05) is 17.7 Å². The number of nitrogens with zero attached hydrogens (tertiary/aromatic N) is 2. The minimum atomic E-state index is -0.547. The second-order valence-corrected chi connectivity index (χ2v) is 5.81. The molecule has 0 bridgehead atoms. The number of fused-ring (bicyclic) bond motifs is 1. The molecular weight excluding hydrogens is 326 g/mol. The van der Waals surface area contributed by atoms with Crippen LogP contribution in [0.4, 0.5) is 10.8 Å². The molecule has 3 aromatic rings. The van der Waals surface area contributed by atoms with Gasteiger partial charge in [-0.3, -0.25) is 20.2 Å². The van der Waals surface area contributed by atoms with Gasteiger partial charge in [-0.15, -0.1) is 0 Å². The number of non-ortho nitro benzene ring substituents is 1. The average molecular weight is 334 g/mol. The van der Waals surface area contributed by atoms with Crippen LogP contribution < -0.4 is 5.32 Å². The molecule has 6 nitrogen and oxygen atoms in total. The lowest BCUT2D eigenvalue weighted by atomic mass is 10.2. The van der Waals surface area contributed by atoms with Gasteiger partial charge in [-0.1, -0.05) is 35.1 Å². The van der Waals surface area contributed by atoms with Gasteiger partial charge in [-0.05, 0) is 18.2 Å². The van der Waals surface area contributed by atoms with Crippen molar-refractivity contribution >= 4 is 49.9 Å². The summed E-state index contributed by atoms with van der Waals surface area (Å²) in [6, 6.07) is 10.9. The smallest absolute Gasteiger partial charge is 0.270 e. The van der Waals surface area contributed by atoms with Gasteiger partial charge in [0.2, 0.25) is 0 Å². The number of carbonyl (C=O) groups is 1. The van der Waals surface area contributed by atoms with Crippen LogP contribution in [0.2, 0.25) is 5.02 Å². The Morgan fingerprint density at radius 1 is 1.27 bits per heavy atom. The van der Waals surface area contributed by atoms with Gasteiger partial charge in [0.1, 0.15) is 5.52 Å². The van der Waals surface area contributed by atoms with E-state index >= 15 is 0 Å². The summed E-state index contributed by atoms with van der Waals surface area (Å²) in [7, 11) is 0. The number of rotatable bonds is 3. The summed E-state index contributed by atoms with van der Waals surface area (Å²) < 4.78 is 0.849. The first-order valence-electron chi connectivity index (χ1n) is 6.15. The first kappa shape index (κ1) is 14.4. The number of aromatic nitrogens is 1. The average Bonchev–Trinajstić information content (AvgIpc) is 2.91. The van der Waals surface area contributed by atoms with E-state index in [2.05, 4.69) is 10.3 Å². The number of hydrogen-bond donors (Lipinski definition) is 1. The van der Waals surface area contributed by atoms with Crippen molar-refractivity contribution in [3.8, 4) is 0 Å². The van der Waals surface area contributed by atoms with Crippen molar-refractivity contribution in [2.24, 2.45) is 0 Å². The summed E-state index contributed by atoms with van der Waals surface area (Å²) in [5.41, 5.74) is 0.669. The van der Waals surface area contributed by atoms with E-state index < -0.39 is 10.8 Å². The summed E-state index contributed by atoms with van der Waals surface area (Å²) in [6.45, 7) is 0. The number of benzene rings is 2. The maximum absolute atomic E-state index is 12.2. The zero-order chi connectivity index (χ0) is 15.7. The van der Waals surface area contributed by atoms with E-state index in [1.54, 1.807) is 12.1 Å². The predicted molar refractivity (Wildman–Crippen MR) is 85.7 cm³/mol. The molecule has 1 aromatic heterocycles. The normalized spacial score (nSPS) is 10.6. The number of nitrogens with one attached hydrogen (secondary N) is 1. The summed E-state index contributed by atoms with van der Waals surface area (Å²) in [5.74, 6) is -0.459. The third kappa shape index (κ3) is 2.76. The Kier molecular flexibility index (Phi) is 3.74. The lowest BCUT2D eigenvalue weighted by molar-refractivity contribution is -0.384. The number of thiazole rings is 1. The van der Waals surface area contributed by atoms with Gasteiger partial charge in [-0.2, -0.15) is 0 Å². The standard InChI is InChI=1S/C14H8ClN3O3S/c15-10-5-2-6-11-12(10)16-14(22-11)17-13(19)8-3-1-4-9(7-8)18(20)21/h1-7H,(H,16,17,19). The number of nitro groups is 1. The highest BCUT2D eigenvalue weighted by molar-refractivity contribution is 7.22. The molecule has 1 amide bonds. The third-order valence-corrected chi connectivity index (χ3v) is 4.15. The molecule has 0 spiro atoms. The lowest BCUT2D eigenvalue weighted by Gasteiger charge is -2.01. The van der Waals surface area contributed by atoms with Crippen LogP contribution in [-0.2, 0) is 0 Å². The topological polar surface area (TPSA) is 85.1 Å². The van der Waals surface area contributed by atoms with E-state index in [4.69, 9.17) is 11.6 Å². The van der Waals surface area contributed by atoms with E-state index in [0.29, 0.717) is 15.7 Å². The molecule has 110 valence electrons. The summed E-state index contributed by atoms with van der Waals surface area (Å²) in [4.78, 5) is 26.6. The van der Waals surface area contributed by atoms with Gasteiger partial charge >= 0.3 is 0 Å². The van der Waals surface area contributed by atoms with Crippen LogP contribution in [0.25, 0.3) is 10.2 Å². The Morgan fingerprint density at radius 3 is 2.77 bits per heavy atom. The van der Waals surface area contributed by atoms with Crippen LogP contribution in [0, 0.1) is 10.1 Å². The maximum Gasteiger partial charge on any atom is 0.270 e. The lowest BCUT2D eigenvalue weighted by Crippen LogP contribution is -2.11. The molecule has 22 heavy (non-hydrogen) atoms. The monoisotopic (exact) mass is 333 g/mol. The van der Waals surface area contributed by atoms with E-state index in [1.807, 2.05) is 6.07 Å². The maximum atomic E-state index is 12.2. The summed E-state index contributed by atoms with van der Waals surface area (Å²) in [6.07, 6.45) is 0. The second kappa shape index (κ2) is 5.70. The van der Waals surface area contributed by atoms with Crippen LogP contribution in [0.5, 0.6) is 0 Å². The van der Waals surface area contributed by atoms with Crippen LogP contribution in [0.1, 0.15) is 10.4 Å². The SMILES string of the molecule is O=C(Nc1nc2c(Cl)cccc2s1)c1cccc([N+](=O)[O-])c1. The summed E-state index contributed by atoms with van der Waals surface area (Å²) in [5, 5.41) is 14.3. The molecule has 1 N–H and O–H groups in total. The van der Waals surface area contributed by atoms with E-state index in [-0.39, 0.29) is 11.3 Å². The van der Waals surface area contributed by atoms with Crippen molar-refractivity contribution in [2.45, 2.75) is 0 Å². The molecule has 0 fully saturated rings. The number of hydrogen-bond acceptors (Lipinski definition) is 5. The predicted octanol–water partition coefficient (Wildman–Crippen LogP) is 4.11. The van der Waals surface area contributed by atoms with Crippen LogP contribution >= 0.6 is 22.9 Å². The molecule has 0 saturated carbocycles. The first-order chi connectivity index (χ1) is 10.5. The van der Waals surface area contributed by atoms with Crippen molar-refractivity contribution in [1.29, 1.82) is 0 Å². The molecule has 0 aliphatic heterocycles. The molecular formula is C14H8ClN3O3S. The fourth-order valence-electron chi connectivity index (χ4n) is 1.90. The van der Waals surface area contributed by atoms with E-state index in [1.165, 1.54) is 35.6 Å². The highest BCUT2D eigenvalue weighted by Gasteiger charge is 2.14. The fraction of sp³-hybridized carbons (Fsp3) is 0. The highest BCUT2D eigenvalue weighted by Crippen LogP contribution is 2.30. The Labute approximate surface area is 133 Å². The number of halogens is 1. The minimum Gasteiger partial charge on any atom is -0.298 e. The van der Waals surface area contributed by atoms with Crippen molar-refractivity contribution in [1.82, 2.24) is 4.98 Å². The molecule has 8 heteroatoms. The molecule has 0 unspecified atom stereocenters. The van der Waals surface area contributed by atoms with E-state index in [9.17, 15) is 14.9 Å². The molecule has 1 heterocycles. The molecule has 3 rings (SSSR count). The number of carbonyl (C=O) groups excluding carboxylic acids is 1. The van der Waals surface area contributed by atoms with Crippen LogP contribution in [0.15, 0.2) is 42.5 Å². The Balaban J connectivity index is 1.88. The molecule has 0 aliphatic rings. The van der Waals surface area contributed by atoms with Gasteiger partial charge in [0.05, 0.1) is 14.6 Å². The van der Waals surface area contributed by atoms with E-state index in [0.717, 1.165) is 4.70 Å². The zero-order valence-electron chi connectivity index (χ0n) is 10.9. The summed E-state index contributed by atoms with van der Waals surface area (Å²) >= 11 is 7.32. The van der Waals surface area contributed by atoms with Crippen molar-refractivity contribution in [2.75, 3.05) is 5.32 Å². The Hall–Kier alpha value is -2.51. The molecule has 2 aromatic carbocycles. The first-order valence-corrected chi connectivity index (χ1v) is 7.35. The Bertz CT molecular complexity index is 894. The quantitative estimate of drug-likeness (QED) is 0.577. The van der Waals surface area contributed by atoms with Crippen LogP contribution in [-0.4, -0.2) is 15.8 Å². The number of anilines is 1. The van der Waals surface area contributed by atoms with Gasteiger partial charge in [0.15, 0.2) is 5.13 Å². The zero-order valence-corrected chi connectivity index (χ0v) is 12.5. The molecule has 0 aliphatic carbocycles. The molecule has 0 atom stereocenters. The largest absolute Gasteiger partial charge is 0.298 e. The highest BCUT2D eigenvalue weighted by atomic mass is 35.5. The van der Waals surface area contributed by atoms with Gasteiger partial charge in [0.25, 0.3) is 11.6 Å². The van der Waals surface area contributed by atoms with Gasteiger partial charge in [-0.25, -0.2) is 4.98 Å². The van der Waals surface area contributed by atoms with Gasteiger partial charge < -0.3 is 0 Å². The number of para-hydroxylation sites is 1. The number of nitro benzene ring substituents is 1. The Morgan fingerprint density at radius 2 is 2.05 bits per heavy atom. The molecule has 0 radical (unpaired) electrons. The van der Waals surface area contributed by atoms with Crippen molar-refractivity contribution in [3.05, 3.63) is 63.2 Å². The third-order valence-electron chi connectivity index (χ3n) is 2.91. The van der Waals surface area contributed by atoms with Crippen molar-refractivity contribution < 1.29 is 9.72 Å². The molecule has 0 saturated heterocycles. The fourth-order valence-corrected chi connectivity index (χ4v) is 3.06. The minimum absolute atomic E-state index is 0.139. The van der Waals surface area contributed by atoms with Crippen LogP contribution in [0.3, 0.4) is 0 Å². The second-order valence-electron chi connectivity index (χ2n) is 4.37.